The summed E-state index contributed by atoms with van der Waals surface area (Å²) in [5, 5.41) is 6.43. The Labute approximate surface area is 108 Å². The molecule has 1 aromatic heterocycles. The van der Waals surface area contributed by atoms with Gasteiger partial charge in [0.1, 0.15) is 18.0 Å². The van der Waals surface area contributed by atoms with Crippen LogP contribution in [0.25, 0.3) is 0 Å². The molecule has 1 aromatic rings. The normalized spacial score (nSPS) is 10.4. The molecule has 0 unspecified atom stereocenters. The van der Waals surface area contributed by atoms with Crippen molar-refractivity contribution in [3.63, 3.8) is 0 Å². The quantitative estimate of drug-likeness (QED) is 0.647. The van der Waals surface area contributed by atoms with Crippen LogP contribution in [0.3, 0.4) is 0 Å². The van der Waals surface area contributed by atoms with Gasteiger partial charge in [0.2, 0.25) is 0 Å². The molecule has 0 amide bonds. The number of hydrogen-bond acceptors (Lipinski definition) is 6. The second kappa shape index (κ2) is 8.66. The Morgan fingerprint density at radius 3 is 2.50 bits per heavy atom. The first-order chi connectivity index (χ1) is 8.79. The molecule has 0 spiro atoms. The van der Waals surface area contributed by atoms with Crippen molar-refractivity contribution >= 4 is 11.6 Å². The molecule has 0 aromatic carbocycles. The standard InChI is InChI=1S/C12H22N4O2/c1-4-13-11-10(2)12(16-9-15-11)14-5-6-18-8-7-17-3/h9H,4-8H2,1-3H3,(H2,13,14,15,16). The van der Waals surface area contributed by atoms with E-state index in [1.165, 1.54) is 0 Å². The fourth-order valence-electron chi connectivity index (χ4n) is 1.46. The summed E-state index contributed by atoms with van der Waals surface area (Å²) in [7, 11) is 1.66. The molecule has 1 heterocycles. The summed E-state index contributed by atoms with van der Waals surface area (Å²) in [5.74, 6) is 1.71. The van der Waals surface area contributed by atoms with Gasteiger partial charge in [-0.15, -0.1) is 0 Å². The maximum atomic E-state index is 5.37. The summed E-state index contributed by atoms with van der Waals surface area (Å²) in [6.45, 7) is 7.46. The molecule has 6 heteroatoms. The van der Waals surface area contributed by atoms with Gasteiger partial charge in [-0.2, -0.15) is 0 Å². The van der Waals surface area contributed by atoms with Crippen molar-refractivity contribution in [2.75, 3.05) is 50.7 Å². The maximum Gasteiger partial charge on any atom is 0.134 e. The molecule has 6 nitrogen and oxygen atoms in total. The maximum absolute atomic E-state index is 5.37. The van der Waals surface area contributed by atoms with E-state index in [0.717, 1.165) is 23.7 Å². The van der Waals surface area contributed by atoms with Gasteiger partial charge in [-0.1, -0.05) is 0 Å². The lowest BCUT2D eigenvalue weighted by atomic mass is 10.3. The highest BCUT2D eigenvalue weighted by atomic mass is 16.5. The van der Waals surface area contributed by atoms with Gasteiger partial charge in [0, 0.05) is 25.8 Å². The monoisotopic (exact) mass is 254 g/mol. The number of ether oxygens (including phenoxy) is 2. The molecule has 0 saturated heterocycles. The number of aromatic nitrogens is 2. The van der Waals surface area contributed by atoms with E-state index in [-0.39, 0.29) is 0 Å². The molecule has 0 aliphatic rings. The average Bonchev–Trinajstić information content (AvgIpc) is 2.38. The molecule has 102 valence electrons. The van der Waals surface area contributed by atoms with Crippen LogP contribution in [0, 0.1) is 6.92 Å². The molecule has 0 saturated carbocycles. The first-order valence-corrected chi connectivity index (χ1v) is 6.15. The van der Waals surface area contributed by atoms with E-state index in [1.807, 2.05) is 13.8 Å². The summed E-state index contributed by atoms with van der Waals surface area (Å²) >= 11 is 0. The molecule has 0 bridgehead atoms. The topological polar surface area (TPSA) is 68.3 Å². The van der Waals surface area contributed by atoms with Crippen LogP contribution in [0.4, 0.5) is 11.6 Å². The lowest BCUT2D eigenvalue weighted by Crippen LogP contribution is -2.14. The third-order valence-corrected chi connectivity index (χ3v) is 2.40. The molecular formula is C12H22N4O2. The molecular weight excluding hydrogens is 232 g/mol. The van der Waals surface area contributed by atoms with Crippen LogP contribution in [0.1, 0.15) is 12.5 Å². The van der Waals surface area contributed by atoms with E-state index < -0.39 is 0 Å². The summed E-state index contributed by atoms with van der Waals surface area (Å²) < 4.78 is 10.3. The molecule has 18 heavy (non-hydrogen) atoms. The third kappa shape index (κ3) is 4.85. The van der Waals surface area contributed by atoms with E-state index >= 15 is 0 Å². The van der Waals surface area contributed by atoms with Crippen LogP contribution in [0.15, 0.2) is 6.33 Å². The van der Waals surface area contributed by atoms with Crippen molar-refractivity contribution < 1.29 is 9.47 Å². The van der Waals surface area contributed by atoms with Gasteiger partial charge < -0.3 is 20.1 Å². The largest absolute Gasteiger partial charge is 0.382 e. The number of methoxy groups -OCH3 is 1. The second-order valence-electron chi connectivity index (χ2n) is 3.76. The smallest absolute Gasteiger partial charge is 0.134 e. The number of rotatable bonds is 9. The Hall–Kier alpha value is -1.40. The van der Waals surface area contributed by atoms with Gasteiger partial charge >= 0.3 is 0 Å². The lowest BCUT2D eigenvalue weighted by molar-refractivity contribution is 0.0759. The second-order valence-corrected chi connectivity index (χ2v) is 3.76. The summed E-state index contributed by atoms with van der Waals surface area (Å²) in [6.07, 6.45) is 1.55. The van der Waals surface area contributed by atoms with Crippen LogP contribution in [-0.2, 0) is 9.47 Å². The van der Waals surface area contributed by atoms with Gasteiger partial charge in [0.05, 0.1) is 19.8 Å². The Balaban J connectivity index is 2.35. The summed E-state index contributed by atoms with van der Waals surface area (Å²) in [6, 6.07) is 0. The van der Waals surface area contributed by atoms with Gasteiger partial charge in [-0.3, -0.25) is 0 Å². The van der Waals surface area contributed by atoms with Crippen LogP contribution >= 0.6 is 0 Å². The van der Waals surface area contributed by atoms with Crippen molar-refractivity contribution in [1.82, 2.24) is 9.97 Å². The zero-order valence-corrected chi connectivity index (χ0v) is 11.3. The number of nitrogens with zero attached hydrogens (tertiary/aromatic N) is 2. The highest BCUT2D eigenvalue weighted by Gasteiger charge is 2.05. The van der Waals surface area contributed by atoms with E-state index in [9.17, 15) is 0 Å². The minimum atomic E-state index is 0.615. The van der Waals surface area contributed by atoms with E-state index in [1.54, 1.807) is 13.4 Å². The fourth-order valence-corrected chi connectivity index (χ4v) is 1.46. The first kappa shape index (κ1) is 14.7. The fraction of sp³-hybridized carbons (Fsp3) is 0.667. The Morgan fingerprint density at radius 2 is 1.83 bits per heavy atom. The van der Waals surface area contributed by atoms with E-state index in [2.05, 4.69) is 20.6 Å². The highest BCUT2D eigenvalue weighted by Crippen LogP contribution is 2.17. The zero-order valence-electron chi connectivity index (χ0n) is 11.3. The number of hydrogen-bond donors (Lipinski definition) is 2. The third-order valence-electron chi connectivity index (χ3n) is 2.40. The Kier molecular flexibility index (Phi) is 7.05. The van der Waals surface area contributed by atoms with Crippen LogP contribution in [-0.4, -0.2) is 50.0 Å². The van der Waals surface area contributed by atoms with Crippen molar-refractivity contribution in [3.05, 3.63) is 11.9 Å². The minimum absolute atomic E-state index is 0.615. The molecule has 0 fully saturated rings. The average molecular weight is 254 g/mol. The van der Waals surface area contributed by atoms with Crippen LogP contribution in [0.5, 0.6) is 0 Å². The first-order valence-electron chi connectivity index (χ1n) is 6.15. The van der Waals surface area contributed by atoms with Crippen LogP contribution in [0.2, 0.25) is 0 Å². The van der Waals surface area contributed by atoms with Crippen LogP contribution < -0.4 is 10.6 Å². The SMILES string of the molecule is CCNc1ncnc(NCCOCCOC)c1C. The predicted octanol–water partition coefficient (Wildman–Crippen LogP) is 1.29. The molecule has 0 aliphatic heterocycles. The van der Waals surface area contributed by atoms with Gasteiger partial charge in [-0.25, -0.2) is 9.97 Å². The van der Waals surface area contributed by atoms with E-state index in [4.69, 9.17) is 9.47 Å². The van der Waals surface area contributed by atoms with Gasteiger partial charge in [-0.05, 0) is 13.8 Å². The molecule has 0 aliphatic carbocycles. The Morgan fingerprint density at radius 1 is 1.11 bits per heavy atom. The summed E-state index contributed by atoms with van der Waals surface area (Å²) in [5.41, 5.74) is 1.02. The molecule has 2 N–H and O–H groups in total. The van der Waals surface area contributed by atoms with E-state index in [0.29, 0.717) is 26.4 Å². The van der Waals surface area contributed by atoms with Gasteiger partial charge in [0.15, 0.2) is 0 Å². The van der Waals surface area contributed by atoms with Crippen molar-refractivity contribution in [1.29, 1.82) is 0 Å². The van der Waals surface area contributed by atoms with Crippen molar-refractivity contribution in [2.45, 2.75) is 13.8 Å². The summed E-state index contributed by atoms with van der Waals surface area (Å²) in [4.78, 5) is 8.40. The zero-order chi connectivity index (χ0) is 13.2. The van der Waals surface area contributed by atoms with Gasteiger partial charge in [0.25, 0.3) is 0 Å². The number of anilines is 2. The molecule has 0 radical (unpaired) electrons. The Bertz CT molecular complexity index is 347. The molecule has 1 rings (SSSR count). The minimum Gasteiger partial charge on any atom is -0.382 e. The predicted molar refractivity (Wildman–Crippen MR) is 72.1 cm³/mol. The lowest BCUT2D eigenvalue weighted by Gasteiger charge is -2.12. The van der Waals surface area contributed by atoms with Crippen molar-refractivity contribution in [2.24, 2.45) is 0 Å². The highest BCUT2D eigenvalue weighted by molar-refractivity contribution is 5.56. The number of nitrogens with one attached hydrogen (secondary N) is 2. The van der Waals surface area contributed by atoms with Crippen molar-refractivity contribution in [3.8, 4) is 0 Å². The molecule has 0 atom stereocenters.